The fourth-order valence-corrected chi connectivity index (χ4v) is 5.15. The van der Waals surface area contributed by atoms with E-state index in [2.05, 4.69) is 22.3 Å². The second kappa shape index (κ2) is 9.76. The molecule has 0 fully saturated rings. The number of anilines is 1. The smallest absolute Gasteiger partial charge is 0.270 e. The molecule has 0 bridgehead atoms. The molecule has 0 unspecified atom stereocenters. The number of amides is 2. The molecular formula is C24H22N4O4S. The first-order valence-corrected chi connectivity index (χ1v) is 11.2. The van der Waals surface area contributed by atoms with Crippen LogP contribution in [0.15, 0.2) is 60.7 Å². The van der Waals surface area contributed by atoms with Crippen LogP contribution in [0.3, 0.4) is 0 Å². The van der Waals surface area contributed by atoms with Gasteiger partial charge in [-0.25, -0.2) is 0 Å². The fraction of sp³-hybridized carbons (Fsp3) is 0.167. The standard InChI is InChI=1S/C24H22N4O4S/c25-23(30)22-19-11-12-27(14-17-5-2-1-3-6-17)15-20(19)33-24(22)26-21(29)10-9-16-7-4-8-18(13-16)28(31)32/h1-10,13H,11-12,14-15H2,(H2,25,30)(H,26,29). The van der Waals surface area contributed by atoms with Crippen molar-refractivity contribution < 1.29 is 14.5 Å². The summed E-state index contributed by atoms with van der Waals surface area (Å²) in [6, 6.07) is 16.1. The average molecular weight is 463 g/mol. The maximum atomic E-state index is 12.5. The van der Waals surface area contributed by atoms with E-state index >= 15 is 0 Å². The van der Waals surface area contributed by atoms with Crippen molar-refractivity contribution in [3.05, 3.63) is 97.9 Å². The highest BCUT2D eigenvalue weighted by Gasteiger charge is 2.27. The van der Waals surface area contributed by atoms with Crippen LogP contribution in [0.4, 0.5) is 10.7 Å². The summed E-state index contributed by atoms with van der Waals surface area (Å²) in [6.07, 6.45) is 3.45. The van der Waals surface area contributed by atoms with Gasteiger partial charge < -0.3 is 11.1 Å². The van der Waals surface area contributed by atoms with E-state index in [-0.39, 0.29) is 5.69 Å². The Bertz CT molecular complexity index is 1240. The lowest BCUT2D eigenvalue weighted by Gasteiger charge is -2.27. The largest absolute Gasteiger partial charge is 0.365 e. The summed E-state index contributed by atoms with van der Waals surface area (Å²) in [5.41, 5.74) is 8.60. The number of rotatable bonds is 7. The normalized spacial score (nSPS) is 13.6. The van der Waals surface area contributed by atoms with Crippen molar-refractivity contribution in [3.63, 3.8) is 0 Å². The molecule has 0 radical (unpaired) electrons. The maximum absolute atomic E-state index is 12.5. The topological polar surface area (TPSA) is 119 Å². The number of fused-ring (bicyclic) bond motifs is 1. The zero-order chi connectivity index (χ0) is 23.4. The Morgan fingerprint density at radius 3 is 2.70 bits per heavy atom. The third kappa shape index (κ3) is 5.33. The highest BCUT2D eigenvalue weighted by molar-refractivity contribution is 7.17. The number of non-ortho nitro benzene ring substituents is 1. The van der Waals surface area contributed by atoms with Crippen molar-refractivity contribution in [1.29, 1.82) is 0 Å². The van der Waals surface area contributed by atoms with E-state index in [1.54, 1.807) is 12.1 Å². The van der Waals surface area contributed by atoms with E-state index in [1.165, 1.54) is 41.2 Å². The summed E-state index contributed by atoms with van der Waals surface area (Å²) in [4.78, 5) is 38.4. The van der Waals surface area contributed by atoms with Gasteiger partial charge in [0.25, 0.3) is 11.6 Å². The van der Waals surface area contributed by atoms with Crippen LogP contribution in [0.25, 0.3) is 6.08 Å². The molecule has 33 heavy (non-hydrogen) atoms. The Balaban J connectivity index is 1.49. The second-order valence-electron chi connectivity index (χ2n) is 7.69. The number of hydrogen-bond donors (Lipinski definition) is 2. The van der Waals surface area contributed by atoms with Gasteiger partial charge in [0, 0.05) is 42.7 Å². The number of nitro benzene ring substituents is 1. The molecule has 1 aromatic heterocycles. The molecule has 1 aliphatic heterocycles. The number of carbonyl (C=O) groups excluding carboxylic acids is 2. The highest BCUT2D eigenvalue weighted by atomic mass is 32.1. The average Bonchev–Trinajstić information content (AvgIpc) is 3.15. The Hall–Kier alpha value is -3.82. The Kier molecular flexibility index (Phi) is 6.62. The molecule has 2 aromatic carbocycles. The zero-order valence-electron chi connectivity index (χ0n) is 17.7. The second-order valence-corrected chi connectivity index (χ2v) is 8.80. The zero-order valence-corrected chi connectivity index (χ0v) is 18.5. The van der Waals surface area contributed by atoms with Crippen LogP contribution in [-0.4, -0.2) is 28.2 Å². The number of thiophene rings is 1. The summed E-state index contributed by atoms with van der Waals surface area (Å²) in [7, 11) is 0. The molecule has 0 spiro atoms. The Labute approximate surface area is 194 Å². The van der Waals surface area contributed by atoms with E-state index in [0.29, 0.717) is 29.1 Å². The maximum Gasteiger partial charge on any atom is 0.270 e. The summed E-state index contributed by atoms with van der Waals surface area (Å²) < 4.78 is 0. The van der Waals surface area contributed by atoms with Crippen molar-refractivity contribution in [2.75, 3.05) is 11.9 Å². The van der Waals surface area contributed by atoms with Gasteiger partial charge in [0.15, 0.2) is 0 Å². The third-order valence-electron chi connectivity index (χ3n) is 5.38. The number of hydrogen-bond acceptors (Lipinski definition) is 6. The van der Waals surface area contributed by atoms with Gasteiger partial charge in [0.2, 0.25) is 5.91 Å². The number of benzene rings is 2. The molecule has 8 nitrogen and oxygen atoms in total. The van der Waals surface area contributed by atoms with Crippen molar-refractivity contribution in [3.8, 4) is 0 Å². The van der Waals surface area contributed by atoms with Crippen molar-refractivity contribution in [2.24, 2.45) is 5.73 Å². The summed E-state index contributed by atoms with van der Waals surface area (Å²) in [5.74, 6) is -1.01. The SMILES string of the molecule is NC(=O)c1c(NC(=O)C=Cc2cccc([N+](=O)[O-])c2)sc2c1CCN(Cc1ccccc1)C2. The van der Waals surface area contributed by atoms with Gasteiger partial charge in [-0.2, -0.15) is 0 Å². The van der Waals surface area contributed by atoms with Gasteiger partial charge in [-0.1, -0.05) is 42.5 Å². The van der Waals surface area contributed by atoms with E-state index in [1.807, 2.05) is 18.2 Å². The van der Waals surface area contributed by atoms with Crippen LogP contribution in [-0.2, 0) is 24.3 Å². The van der Waals surface area contributed by atoms with Crippen molar-refractivity contribution in [2.45, 2.75) is 19.5 Å². The third-order valence-corrected chi connectivity index (χ3v) is 6.51. The lowest BCUT2D eigenvalue weighted by Crippen LogP contribution is -2.30. The van der Waals surface area contributed by atoms with E-state index in [0.717, 1.165) is 23.5 Å². The quantitative estimate of drug-likeness (QED) is 0.313. The number of nitrogens with two attached hydrogens (primary N) is 1. The van der Waals surface area contributed by atoms with Crippen LogP contribution in [0.5, 0.6) is 0 Å². The first-order valence-electron chi connectivity index (χ1n) is 10.3. The minimum absolute atomic E-state index is 0.0560. The van der Waals surface area contributed by atoms with Gasteiger partial charge in [-0.3, -0.25) is 24.6 Å². The molecule has 168 valence electrons. The van der Waals surface area contributed by atoms with E-state index in [9.17, 15) is 19.7 Å². The molecule has 2 amide bonds. The minimum Gasteiger partial charge on any atom is -0.365 e. The van der Waals surface area contributed by atoms with Crippen LogP contribution < -0.4 is 11.1 Å². The van der Waals surface area contributed by atoms with Crippen LogP contribution in [0.2, 0.25) is 0 Å². The molecular weight excluding hydrogens is 440 g/mol. The van der Waals surface area contributed by atoms with E-state index in [4.69, 9.17) is 5.73 Å². The molecule has 3 aromatic rings. The summed E-state index contributed by atoms with van der Waals surface area (Å²) >= 11 is 1.36. The number of nitrogens with one attached hydrogen (secondary N) is 1. The predicted octanol–water partition coefficient (Wildman–Crippen LogP) is 3.97. The van der Waals surface area contributed by atoms with Gasteiger partial charge in [0.1, 0.15) is 5.00 Å². The number of nitro groups is 1. The number of nitrogens with zero attached hydrogens (tertiary/aromatic N) is 2. The molecule has 0 saturated heterocycles. The predicted molar refractivity (Wildman–Crippen MR) is 128 cm³/mol. The van der Waals surface area contributed by atoms with Gasteiger partial charge in [-0.15, -0.1) is 11.3 Å². The molecule has 2 heterocycles. The molecule has 0 aliphatic carbocycles. The van der Waals surface area contributed by atoms with Gasteiger partial charge >= 0.3 is 0 Å². The summed E-state index contributed by atoms with van der Waals surface area (Å²) in [5, 5.41) is 14.1. The molecule has 0 atom stereocenters. The van der Waals surface area contributed by atoms with Crippen molar-refractivity contribution >= 4 is 39.9 Å². The summed E-state index contributed by atoms with van der Waals surface area (Å²) in [6.45, 7) is 2.27. The monoisotopic (exact) mass is 462 g/mol. The molecule has 1 aliphatic rings. The number of carbonyl (C=O) groups is 2. The lowest BCUT2D eigenvalue weighted by molar-refractivity contribution is -0.384. The first kappa shape index (κ1) is 22.4. The number of primary amides is 1. The minimum atomic E-state index is -0.568. The molecule has 0 saturated carbocycles. The van der Waals surface area contributed by atoms with Gasteiger partial charge in [-0.05, 0) is 29.2 Å². The Morgan fingerprint density at radius 2 is 1.97 bits per heavy atom. The van der Waals surface area contributed by atoms with Crippen LogP contribution in [0.1, 0.15) is 31.9 Å². The first-order chi connectivity index (χ1) is 15.9. The molecule has 3 N–H and O–H groups in total. The Morgan fingerprint density at radius 1 is 1.18 bits per heavy atom. The van der Waals surface area contributed by atoms with Crippen molar-refractivity contribution in [1.82, 2.24) is 4.90 Å². The van der Waals surface area contributed by atoms with Crippen LogP contribution in [0, 0.1) is 10.1 Å². The van der Waals surface area contributed by atoms with Gasteiger partial charge in [0.05, 0.1) is 10.5 Å². The highest BCUT2D eigenvalue weighted by Crippen LogP contribution is 2.37. The fourth-order valence-electron chi connectivity index (χ4n) is 3.85. The molecule has 4 rings (SSSR count). The van der Waals surface area contributed by atoms with E-state index < -0.39 is 16.7 Å². The lowest BCUT2D eigenvalue weighted by atomic mass is 10.0. The molecule has 9 heteroatoms. The van der Waals surface area contributed by atoms with Crippen LogP contribution >= 0.6 is 11.3 Å².